The second kappa shape index (κ2) is 10.2. The van der Waals surface area contributed by atoms with E-state index in [1.807, 2.05) is 0 Å². The van der Waals surface area contributed by atoms with Crippen molar-refractivity contribution in [2.75, 3.05) is 19.0 Å². The van der Waals surface area contributed by atoms with E-state index in [1.54, 1.807) is 31.2 Å². The Morgan fingerprint density at radius 1 is 1.25 bits per heavy atom. The first-order valence-corrected chi connectivity index (χ1v) is 8.71. The molecule has 0 heterocycles. The van der Waals surface area contributed by atoms with Gasteiger partial charge in [-0.25, -0.2) is 5.43 Å². The summed E-state index contributed by atoms with van der Waals surface area (Å²) in [4.78, 5) is 23.8. The van der Waals surface area contributed by atoms with Crippen LogP contribution in [0.25, 0.3) is 0 Å². The molecule has 0 aliphatic heterocycles. The van der Waals surface area contributed by atoms with E-state index in [0.717, 1.165) is 0 Å². The van der Waals surface area contributed by atoms with E-state index >= 15 is 0 Å². The maximum absolute atomic E-state index is 11.9. The first-order valence-electron chi connectivity index (χ1n) is 8.34. The molecular formula is C19H20ClN3O5. The maximum atomic E-state index is 11.9. The lowest BCUT2D eigenvalue weighted by Crippen LogP contribution is -2.24. The number of nitrogens with one attached hydrogen (secondary N) is 2. The van der Waals surface area contributed by atoms with E-state index in [-0.39, 0.29) is 16.5 Å². The average molecular weight is 406 g/mol. The minimum Gasteiger partial charge on any atom is -0.503 e. The number of amides is 2. The SMILES string of the molecule is CCOc1cc(/C=N/NC(=O)CC(=O)Nc2cccc(OC)c2)cc(Cl)c1O. The molecule has 0 aliphatic rings. The molecule has 28 heavy (non-hydrogen) atoms. The van der Waals surface area contributed by atoms with Crippen LogP contribution in [0.1, 0.15) is 18.9 Å². The summed E-state index contributed by atoms with van der Waals surface area (Å²) in [5.41, 5.74) is 3.28. The van der Waals surface area contributed by atoms with Crippen LogP contribution >= 0.6 is 11.6 Å². The number of phenols is 1. The molecule has 2 aromatic carbocycles. The van der Waals surface area contributed by atoms with Crippen molar-refractivity contribution in [3.8, 4) is 17.2 Å². The van der Waals surface area contributed by atoms with Crippen molar-refractivity contribution in [2.24, 2.45) is 5.10 Å². The van der Waals surface area contributed by atoms with Gasteiger partial charge in [-0.15, -0.1) is 0 Å². The number of phenolic OH excluding ortho intramolecular Hbond substituents is 1. The zero-order valence-electron chi connectivity index (χ0n) is 15.4. The third kappa shape index (κ3) is 6.17. The Hall–Kier alpha value is -3.26. The molecule has 0 bridgehead atoms. The van der Waals surface area contributed by atoms with Gasteiger partial charge in [-0.2, -0.15) is 5.10 Å². The molecule has 0 saturated heterocycles. The predicted molar refractivity (Wildman–Crippen MR) is 106 cm³/mol. The molecule has 0 atom stereocenters. The number of rotatable bonds is 8. The van der Waals surface area contributed by atoms with Gasteiger partial charge in [0.25, 0.3) is 0 Å². The minimum atomic E-state index is -0.591. The highest BCUT2D eigenvalue weighted by Crippen LogP contribution is 2.34. The second-order valence-electron chi connectivity index (χ2n) is 5.53. The molecule has 0 spiro atoms. The number of carbonyl (C=O) groups is 2. The first kappa shape index (κ1) is 21.0. The first-order chi connectivity index (χ1) is 13.4. The van der Waals surface area contributed by atoms with E-state index in [2.05, 4.69) is 15.8 Å². The standard InChI is InChI=1S/C19H20ClN3O5/c1-3-28-16-8-12(7-15(20)19(16)26)11-21-23-18(25)10-17(24)22-13-5-4-6-14(9-13)27-2/h4-9,11,26H,3,10H2,1-2H3,(H,22,24)(H,23,25)/b21-11+. The number of carbonyl (C=O) groups excluding carboxylic acids is 2. The van der Waals surface area contributed by atoms with Crippen LogP contribution in [0.4, 0.5) is 5.69 Å². The van der Waals surface area contributed by atoms with Crippen molar-refractivity contribution in [1.82, 2.24) is 5.43 Å². The van der Waals surface area contributed by atoms with Gasteiger partial charge in [0.15, 0.2) is 11.5 Å². The fraction of sp³-hybridized carbons (Fsp3) is 0.211. The summed E-state index contributed by atoms with van der Waals surface area (Å²) >= 11 is 5.92. The van der Waals surface area contributed by atoms with Gasteiger partial charge < -0.3 is 19.9 Å². The molecule has 2 rings (SSSR count). The van der Waals surface area contributed by atoms with Crippen LogP contribution < -0.4 is 20.2 Å². The molecule has 8 nitrogen and oxygen atoms in total. The van der Waals surface area contributed by atoms with Crippen LogP contribution in [0.3, 0.4) is 0 Å². The molecule has 148 valence electrons. The van der Waals surface area contributed by atoms with Crippen molar-refractivity contribution >= 4 is 35.3 Å². The molecule has 0 aromatic heterocycles. The lowest BCUT2D eigenvalue weighted by atomic mass is 10.2. The summed E-state index contributed by atoms with van der Waals surface area (Å²) in [7, 11) is 1.52. The van der Waals surface area contributed by atoms with E-state index in [4.69, 9.17) is 21.1 Å². The van der Waals surface area contributed by atoms with E-state index < -0.39 is 18.2 Å². The second-order valence-corrected chi connectivity index (χ2v) is 5.94. The Labute approximate surface area is 167 Å². The van der Waals surface area contributed by atoms with Crippen LogP contribution in [0.5, 0.6) is 17.2 Å². The number of methoxy groups -OCH3 is 1. The Bertz CT molecular complexity index is 886. The van der Waals surface area contributed by atoms with Gasteiger partial charge in [0.1, 0.15) is 12.2 Å². The number of aromatic hydroxyl groups is 1. The quantitative estimate of drug-likeness (QED) is 0.355. The Kier molecular flexibility index (Phi) is 7.65. The number of hydrogen-bond acceptors (Lipinski definition) is 6. The summed E-state index contributed by atoms with van der Waals surface area (Å²) in [5.74, 6) is -0.455. The van der Waals surface area contributed by atoms with E-state index in [9.17, 15) is 14.7 Å². The number of benzene rings is 2. The molecule has 0 aliphatic carbocycles. The van der Waals surface area contributed by atoms with Gasteiger partial charge >= 0.3 is 0 Å². The fourth-order valence-corrected chi connectivity index (χ4v) is 2.42. The summed E-state index contributed by atoms with van der Waals surface area (Å²) in [5, 5.41) is 16.3. The van der Waals surface area contributed by atoms with Crippen LogP contribution in [0, 0.1) is 0 Å². The van der Waals surface area contributed by atoms with Gasteiger partial charge in [-0.1, -0.05) is 17.7 Å². The monoisotopic (exact) mass is 405 g/mol. The van der Waals surface area contributed by atoms with Gasteiger partial charge in [0.2, 0.25) is 11.8 Å². The normalized spacial score (nSPS) is 10.5. The fourth-order valence-electron chi connectivity index (χ4n) is 2.20. The van der Waals surface area contributed by atoms with Crippen molar-refractivity contribution in [3.63, 3.8) is 0 Å². The molecule has 9 heteroatoms. The highest BCUT2D eigenvalue weighted by Gasteiger charge is 2.10. The van der Waals surface area contributed by atoms with Crippen molar-refractivity contribution in [2.45, 2.75) is 13.3 Å². The molecule has 2 amide bonds. The van der Waals surface area contributed by atoms with Crippen molar-refractivity contribution < 1.29 is 24.2 Å². The smallest absolute Gasteiger partial charge is 0.249 e. The third-order valence-electron chi connectivity index (χ3n) is 3.43. The van der Waals surface area contributed by atoms with Gasteiger partial charge in [-0.05, 0) is 36.8 Å². The number of hydrogen-bond donors (Lipinski definition) is 3. The molecule has 0 unspecified atom stereocenters. The molecule has 0 fully saturated rings. The molecular weight excluding hydrogens is 386 g/mol. The lowest BCUT2D eigenvalue weighted by molar-refractivity contribution is -0.126. The average Bonchev–Trinajstić information content (AvgIpc) is 2.65. The van der Waals surface area contributed by atoms with Crippen LogP contribution in [0.2, 0.25) is 5.02 Å². The Balaban J connectivity index is 1.90. The minimum absolute atomic E-state index is 0.0939. The van der Waals surface area contributed by atoms with Gasteiger partial charge in [0.05, 0.1) is 25.0 Å². The summed E-state index contributed by atoms with van der Waals surface area (Å²) in [6, 6.07) is 9.77. The number of ether oxygens (including phenoxy) is 2. The van der Waals surface area contributed by atoms with E-state index in [0.29, 0.717) is 23.6 Å². The highest BCUT2D eigenvalue weighted by molar-refractivity contribution is 6.32. The number of anilines is 1. The Morgan fingerprint density at radius 2 is 2.04 bits per heavy atom. The molecule has 2 aromatic rings. The van der Waals surface area contributed by atoms with Crippen LogP contribution in [0.15, 0.2) is 41.5 Å². The molecule has 0 saturated carbocycles. The van der Waals surface area contributed by atoms with E-state index in [1.165, 1.54) is 25.5 Å². The zero-order valence-corrected chi connectivity index (χ0v) is 16.1. The Morgan fingerprint density at radius 3 is 2.75 bits per heavy atom. The highest BCUT2D eigenvalue weighted by atomic mass is 35.5. The maximum Gasteiger partial charge on any atom is 0.249 e. The van der Waals surface area contributed by atoms with Gasteiger partial charge in [-0.3, -0.25) is 9.59 Å². The predicted octanol–water partition coefficient (Wildman–Crippen LogP) is 2.93. The van der Waals surface area contributed by atoms with Crippen molar-refractivity contribution in [1.29, 1.82) is 0 Å². The van der Waals surface area contributed by atoms with Crippen LogP contribution in [-0.4, -0.2) is 36.9 Å². The van der Waals surface area contributed by atoms with Crippen LogP contribution in [-0.2, 0) is 9.59 Å². The summed E-state index contributed by atoms with van der Waals surface area (Å²) in [6.07, 6.45) is 0.917. The molecule has 3 N–H and O–H groups in total. The van der Waals surface area contributed by atoms with Crippen molar-refractivity contribution in [3.05, 3.63) is 47.0 Å². The summed E-state index contributed by atoms with van der Waals surface area (Å²) < 4.78 is 10.3. The topological polar surface area (TPSA) is 109 Å². The molecule has 0 radical (unpaired) electrons. The summed E-state index contributed by atoms with van der Waals surface area (Å²) in [6.45, 7) is 2.12. The number of hydrazone groups is 1. The number of halogens is 1. The van der Waals surface area contributed by atoms with Gasteiger partial charge in [0, 0.05) is 11.8 Å². The zero-order chi connectivity index (χ0) is 20.5. The largest absolute Gasteiger partial charge is 0.503 e. The lowest BCUT2D eigenvalue weighted by Gasteiger charge is -2.08. The third-order valence-corrected chi connectivity index (χ3v) is 3.72. The number of nitrogens with zero attached hydrogens (tertiary/aromatic N) is 1.